The summed E-state index contributed by atoms with van der Waals surface area (Å²) >= 11 is 0. The third-order valence-electron chi connectivity index (χ3n) is 5.79. The van der Waals surface area contributed by atoms with Crippen molar-refractivity contribution in [1.82, 2.24) is 0 Å². The lowest BCUT2D eigenvalue weighted by Gasteiger charge is -2.42. The number of hydrogen-bond donors (Lipinski definition) is 0. The van der Waals surface area contributed by atoms with Gasteiger partial charge in [-0.1, -0.05) is 32.6 Å². The van der Waals surface area contributed by atoms with Crippen LogP contribution in [0.25, 0.3) is 0 Å². The van der Waals surface area contributed by atoms with Gasteiger partial charge in [-0.3, -0.25) is 0 Å². The Morgan fingerprint density at radius 3 is 2.25 bits per heavy atom. The number of nitrogens with zero attached hydrogens (tertiary/aromatic N) is 1. The molecule has 2 rings (SSSR count). The standard InChI is InChI=1S/C18H30FN/c1-2-3-4-5-15-10-12-18(19,13-11-15)17-8-6-16(14-20)7-9-17/h15-17H,2-13H2,1H3/t15?,16-,17-,18?. The number of unbranched alkanes of at least 4 members (excludes halogenated alkanes) is 2. The molecule has 0 unspecified atom stereocenters. The number of rotatable bonds is 5. The van der Waals surface area contributed by atoms with Crippen LogP contribution in [0.15, 0.2) is 0 Å². The van der Waals surface area contributed by atoms with Gasteiger partial charge in [-0.05, 0) is 63.2 Å². The van der Waals surface area contributed by atoms with Gasteiger partial charge in [0.15, 0.2) is 0 Å². The Kier molecular flexibility index (Phi) is 5.87. The molecule has 0 heterocycles. The average Bonchev–Trinajstić information content (AvgIpc) is 2.50. The first-order valence-electron chi connectivity index (χ1n) is 8.76. The molecule has 2 fully saturated rings. The molecule has 0 aromatic carbocycles. The topological polar surface area (TPSA) is 23.8 Å². The maximum Gasteiger partial charge on any atom is 0.113 e. The Balaban J connectivity index is 1.75. The minimum atomic E-state index is -0.901. The molecule has 0 atom stereocenters. The van der Waals surface area contributed by atoms with Gasteiger partial charge >= 0.3 is 0 Å². The molecule has 0 radical (unpaired) electrons. The fourth-order valence-electron chi connectivity index (χ4n) is 4.28. The minimum Gasteiger partial charge on any atom is -0.244 e. The first kappa shape index (κ1) is 15.8. The zero-order chi connectivity index (χ0) is 14.4. The van der Waals surface area contributed by atoms with Crippen LogP contribution in [0.1, 0.15) is 84.0 Å². The summed E-state index contributed by atoms with van der Waals surface area (Å²) in [6, 6.07) is 2.35. The van der Waals surface area contributed by atoms with Crippen molar-refractivity contribution in [2.45, 2.75) is 89.6 Å². The monoisotopic (exact) mass is 279 g/mol. The third-order valence-corrected chi connectivity index (χ3v) is 5.79. The molecule has 0 aromatic rings. The summed E-state index contributed by atoms with van der Waals surface area (Å²) in [5.74, 6) is 1.21. The first-order valence-corrected chi connectivity index (χ1v) is 8.76. The molecule has 0 saturated heterocycles. The van der Waals surface area contributed by atoms with Crippen molar-refractivity contribution in [2.75, 3.05) is 0 Å². The van der Waals surface area contributed by atoms with Crippen LogP contribution in [0.4, 0.5) is 4.39 Å². The van der Waals surface area contributed by atoms with E-state index in [1.54, 1.807) is 0 Å². The van der Waals surface area contributed by atoms with E-state index in [4.69, 9.17) is 5.26 Å². The second kappa shape index (κ2) is 7.43. The molecular weight excluding hydrogens is 249 g/mol. The van der Waals surface area contributed by atoms with E-state index in [1.807, 2.05) is 0 Å². The number of alkyl halides is 1. The Morgan fingerprint density at radius 2 is 1.70 bits per heavy atom. The Labute approximate surface area is 123 Å². The van der Waals surface area contributed by atoms with Crippen LogP contribution in [0.2, 0.25) is 0 Å². The summed E-state index contributed by atoms with van der Waals surface area (Å²) in [5, 5.41) is 8.95. The summed E-state index contributed by atoms with van der Waals surface area (Å²) in [6.45, 7) is 2.24. The van der Waals surface area contributed by atoms with E-state index in [0.29, 0.717) is 0 Å². The second-order valence-electron chi connectivity index (χ2n) is 7.15. The second-order valence-corrected chi connectivity index (χ2v) is 7.15. The van der Waals surface area contributed by atoms with E-state index in [-0.39, 0.29) is 11.8 Å². The molecule has 0 bridgehead atoms. The van der Waals surface area contributed by atoms with Crippen LogP contribution in [0.5, 0.6) is 0 Å². The summed E-state index contributed by atoms with van der Waals surface area (Å²) < 4.78 is 15.2. The van der Waals surface area contributed by atoms with Crippen LogP contribution in [-0.4, -0.2) is 5.67 Å². The van der Waals surface area contributed by atoms with Crippen molar-refractivity contribution in [3.8, 4) is 6.07 Å². The molecule has 114 valence electrons. The van der Waals surface area contributed by atoms with Gasteiger partial charge in [0.1, 0.15) is 5.67 Å². The van der Waals surface area contributed by atoms with Crippen LogP contribution >= 0.6 is 0 Å². The predicted molar refractivity (Wildman–Crippen MR) is 81.0 cm³/mol. The van der Waals surface area contributed by atoms with Gasteiger partial charge in [0.05, 0.1) is 6.07 Å². The number of hydrogen-bond acceptors (Lipinski definition) is 1. The Bertz CT molecular complexity index is 317. The fourth-order valence-corrected chi connectivity index (χ4v) is 4.28. The highest BCUT2D eigenvalue weighted by molar-refractivity contribution is 4.96. The zero-order valence-electron chi connectivity index (χ0n) is 13.0. The van der Waals surface area contributed by atoms with E-state index < -0.39 is 5.67 Å². The molecule has 2 aliphatic rings. The van der Waals surface area contributed by atoms with Crippen molar-refractivity contribution in [2.24, 2.45) is 17.8 Å². The minimum absolute atomic E-state index is 0.195. The molecule has 0 N–H and O–H groups in total. The summed E-state index contributed by atoms with van der Waals surface area (Å²) in [5.41, 5.74) is -0.901. The summed E-state index contributed by atoms with van der Waals surface area (Å²) in [6.07, 6.45) is 12.7. The van der Waals surface area contributed by atoms with Gasteiger partial charge in [-0.15, -0.1) is 0 Å². The zero-order valence-corrected chi connectivity index (χ0v) is 13.0. The lowest BCUT2D eigenvalue weighted by atomic mass is 9.67. The SMILES string of the molecule is CCCCCC1CCC(F)([C@H]2CC[C@H](C#N)CC2)CC1. The number of nitriles is 1. The maximum absolute atomic E-state index is 15.2. The van der Waals surface area contributed by atoms with E-state index in [1.165, 1.54) is 25.7 Å². The number of halogens is 1. The molecule has 1 nitrogen and oxygen atoms in total. The molecule has 2 aliphatic carbocycles. The largest absolute Gasteiger partial charge is 0.244 e. The molecular formula is C18H30FN. The van der Waals surface area contributed by atoms with Crippen molar-refractivity contribution < 1.29 is 4.39 Å². The van der Waals surface area contributed by atoms with E-state index >= 15 is 4.39 Å². The van der Waals surface area contributed by atoms with Crippen LogP contribution in [0, 0.1) is 29.1 Å². The lowest BCUT2D eigenvalue weighted by molar-refractivity contribution is 0.000728. The third kappa shape index (κ3) is 3.96. The normalized spacial score (nSPS) is 38.4. The van der Waals surface area contributed by atoms with Gasteiger partial charge < -0.3 is 0 Å². The molecule has 0 aromatic heterocycles. The van der Waals surface area contributed by atoms with Crippen molar-refractivity contribution in [3.63, 3.8) is 0 Å². The fraction of sp³-hybridized carbons (Fsp3) is 0.944. The highest BCUT2D eigenvalue weighted by atomic mass is 19.1. The van der Waals surface area contributed by atoms with Crippen molar-refractivity contribution >= 4 is 0 Å². The van der Waals surface area contributed by atoms with E-state index in [0.717, 1.165) is 57.3 Å². The average molecular weight is 279 g/mol. The summed E-state index contributed by atoms with van der Waals surface area (Å²) in [7, 11) is 0. The van der Waals surface area contributed by atoms with Crippen LogP contribution in [0.3, 0.4) is 0 Å². The van der Waals surface area contributed by atoms with E-state index in [9.17, 15) is 0 Å². The highest BCUT2D eigenvalue weighted by Crippen LogP contribution is 2.47. The molecule has 20 heavy (non-hydrogen) atoms. The molecule has 0 aliphatic heterocycles. The van der Waals surface area contributed by atoms with Crippen LogP contribution < -0.4 is 0 Å². The molecule has 2 saturated carbocycles. The van der Waals surface area contributed by atoms with Crippen molar-refractivity contribution in [3.05, 3.63) is 0 Å². The predicted octanol–water partition coefficient (Wildman–Crippen LogP) is 5.80. The van der Waals surface area contributed by atoms with Crippen LogP contribution in [-0.2, 0) is 0 Å². The summed E-state index contributed by atoms with van der Waals surface area (Å²) in [4.78, 5) is 0. The quantitative estimate of drug-likeness (QED) is 0.584. The van der Waals surface area contributed by atoms with Gasteiger partial charge in [0, 0.05) is 5.92 Å². The van der Waals surface area contributed by atoms with Gasteiger partial charge in [0.2, 0.25) is 0 Å². The highest BCUT2D eigenvalue weighted by Gasteiger charge is 2.43. The molecule has 0 amide bonds. The lowest BCUT2D eigenvalue weighted by Crippen LogP contribution is -2.39. The van der Waals surface area contributed by atoms with Crippen molar-refractivity contribution in [1.29, 1.82) is 5.26 Å². The van der Waals surface area contributed by atoms with E-state index in [2.05, 4.69) is 13.0 Å². The molecule has 0 spiro atoms. The Morgan fingerprint density at radius 1 is 1.05 bits per heavy atom. The maximum atomic E-state index is 15.2. The van der Waals surface area contributed by atoms with Gasteiger partial charge in [-0.25, -0.2) is 4.39 Å². The Hall–Kier alpha value is -0.580. The van der Waals surface area contributed by atoms with Gasteiger partial charge in [0.25, 0.3) is 0 Å². The smallest absolute Gasteiger partial charge is 0.113 e. The molecule has 2 heteroatoms. The van der Waals surface area contributed by atoms with Gasteiger partial charge in [-0.2, -0.15) is 5.26 Å². The first-order chi connectivity index (χ1) is 9.68.